The van der Waals surface area contributed by atoms with E-state index in [0.29, 0.717) is 12.1 Å². The zero-order chi connectivity index (χ0) is 20.5. The van der Waals surface area contributed by atoms with E-state index in [1.165, 1.54) is 0 Å². The number of hydrogen-bond acceptors (Lipinski definition) is 5. The van der Waals surface area contributed by atoms with Gasteiger partial charge in [0, 0.05) is 44.6 Å². The third kappa shape index (κ3) is 4.27. The van der Waals surface area contributed by atoms with E-state index < -0.39 is 5.97 Å². The fourth-order valence-corrected chi connectivity index (χ4v) is 5.04. The van der Waals surface area contributed by atoms with Crippen LogP contribution in [0.3, 0.4) is 0 Å². The molecule has 0 N–H and O–H groups in total. The van der Waals surface area contributed by atoms with Gasteiger partial charge in [-0.25, -0.2) is 4.79 Å². The number of halogens is 1. The van der Waals surface area contributed by atoms with Crippen LogP contribution in [0.4, 0.5) is 0 Å². The Kier molecular flexibility index (Phi) is 7.22. The summed E-state index contributed by atoms with van der Waals surface area (Å²) in [5, 5.41) is 0.877. The van der Waals surface area contributed by atoms with E-state index in [9.17, 15) is 9.59 Å². The zero-order valence-corrected chi connectivity index (χ0v) is 18.7. The Hall–Kier alpha value is -1.89. The van der Waals surface area contributed by atoms with Crippen LogP contribution in [-0.2, 0) is 9.47 Å². The summed E-state index contributed by atoms with van der Waals surface area (Å²) in [6, 6.07) is 10.2. The first kappa shape index (κ1) is 22.8. The maximum Gasteiger partial charge on any atom is 0.344 e. The highest BCUT2D eigenvalue weighted by atomic mass is 35.5. The van der Waals surface area contributed by atoms with Crippen LogP contribution in [0.2, 0.25) is 0 Å². The number of aromatic nitrogens is 1. The largest absolute Gasteiger partial charge is 0.459 e. The highest BCUT2D eigenvalue weighted by Gasteiger charge is 2.41. The van der Waals surface area contributed by atoms with Gasteiger partial charge in [0.25, 0.3) is 5.56 Å². The molecule has 0 spiro atoms. The van der Waals surface area contributed by atoms with Gasteiger partial charge in [-0.1, -0.05) is 18.2 Å². The van der Waals surface area contributed by atoms with Crippen molar-refractivity contribution in [1.82, 2.24) is 9.47 Å². The number of piperidine rings is 1. The van der Waals surface area contributed by atoms with Crippen molar-refractivity contribution in [1.29, 1.82) is 0 Å². The monoisotopic (exact) mass is 434 g/mol. The molecular weight excluding hydrogens is 404 g/mol. The molecule has 0 amide bonds. The molecule has 2 aliphatic rings. The SMILES string of the molecule is COCCN1[C@@H]2CC[C@H]1CC(OC(=O)c1cc3ccccc3n(C(C)C)c1=O)C2.Cl. The molecule has 2 aromatic rings. The van der Waals surface area contributed by atoms with E-state index in [2.05, 4.69) is 4.90 Å². The molecule has 2 bridgehead atoms. The molecular formula is C23H31ClN2O4. The summed E-state index contributed by atoms with van der Waals surface area (Å²) in [6.07, 6.45) is 3.81. The van der Waals surface area contributed by atoms with E-state index in [4.69, 9.17) is 9.47 Å². The number of para-hydroxylation sites is 1. The molecule has 0 radical (unpaired) electrons. The van der Waals surface area contributed by atoms with Crippen LogP contribution < -0.4 is 5.56 Å². The van der Waals surface area contributed by atoms with Crippen LogP contribution in [0.1, 0.15) is 55.9 Å². The van der Waals surface area contributed by atoms with Crippen molar-refractivity contribution >= 4 is 29.3 Å². The Morgan fingerprint density at radius 2 is 1.83 bits per heavy atom. The minimum absolute atomic E-state index is 0. The second-order valence-electron chi connectivity index (χ2n) is 8.50. The Bertz CT molecular complexity index is 944. The summed E-state index contributed by atoms with van der Waals surface area (Å²) in [4.78, 5) is 28.5. The fraction of sp³-hybridized carbons (Fsp3) is 0.565. The van der Waals surface area contributed by atoms with Crippen molar-refractivity contribution in [3.8, 4) is 0 Å². The molecule has 1 aromatic carbocycles. The predicted octanol–water partition coefficient (Wildman–Crippen LogP) is 3.80. The molecule has 2 saturated heterocycles. The number of rotatable bonds is 6. The molecule has 6 nitrogen and oxygen atoms in total. The van der Waals surface area contributed by atoms with Crippen molar-refractivity contribution in [2.24, 2.45) is 0 Å². The maximum absolute atomic E-state index is 13.1. The molecule has 30 heavy (non-hydrogen) atoms. The number of methoxy groups -OCH3 is 1. The molecule has 3 heterocycles. The normalized spacial score (nSPS) is 23.5. The Morgan fingerprint density at radius 1 is 1.17 bits per heavy atom. The average molecular weight is 435 g/mol. The lowest BCUT2D eigenvalue weighted by atomic mass is 9.99. The van der Waals surface area contributed by atoms with Crippen LogP contribution in [-0.4, -0.2) is 53.9 Å². The highest BCUT2D eigenvalue weighted by Crippen LogP contribution is 2.36. The first-order chi connectivity index (χ1) is 14.0. The number of benzene rings is 1. The quantitative estimate of drug-likeness (QED) is 0.647. The van der Waals surface area contributed by atoms with E-state index in [1.54, 1.807) is 17.7 Å². The Labute approximate surface area is 183 Å². The van der Waals surface area contributed by atoms with E-state index in [-0.39, 0.29) is 35.7 Å². The molecule has 7 heteroatoms. The molecule has 3 atom stereocenters. The molecule has 2 fully saturated rings. The molecule has 1 unspecified atom stereocenters. The number of hydrogen-bond donors (Lipinski definition) is 0. The minimum Gasteiger partial charge on any atom is -0.459 e. The van der Waals surface area contributed by atoms with Crippen LogP contribution in [0, 0.1) is 0 Å². The molecule has 0 saturated carbocycles. The zero-order valence-electron chi connectivity index (χ0n) is 17.9. The van der Waals surface area contributed by atoms with Crippen molar-refractivity contribution in [3.63, 3.8) is 0 Å². The maximum atomic E-state index is 13.1. The van der Waals surface area contributed by atoms with Gasteiger partial charge < -0.3 is 14.0 Å². The summed E-state index contributed by atoms with van der Waals surface area (Å²) in [7, 11) is 1.73. The number of carbonyl (C=O) groups is 1. The summed E-state index contributed by atoms with van der Waals surface area (Å²) in [5.74, 6) is -0.495. The van der Waals surface area contributed by atoms with Crippen molar-refractivity contribution in [2.75, 3.05) is 20.3 Å². The number of fused-ring (bicyclic) bond motifs is 3. The van der Waals surface area contributed by atoms with Crippen LogP contribution >= 0.6 is 12.4 Å². The standard InChI is InChI=1S/C23H30N2O4.ClH/c1-15(2)25-21-7-5-4-6-16(21)12-20(22(25)26)23(27)29-19-13-17-8-9-18(14-19)24(17)10-11-28-3;/h4-7,12,15,17-19H,8-11,13-14H2,1-3H3;1H/t17-,18+,19?;. The van der Waals surface area contributed by atoms with Gasteiger partial charge in [-0.3, -0.25) is 9.69 Å². The number of pyridine rings is 1. The smallest absolute Gasteiger partial charge is 0.344 e. The van der Waals surface area contributed by atoms with Gasteiger partial charge in [0.05, 0.1) is 12.1 Å². The Balaban J connectivity index is 0.00000256. The van der Waals surface area contributed by atoms with Gasteiger partial charge in [0.15, 0.2) is 0 Å². The Morgan fingerprint density at radius 3 is 2.47 bits per heavy atom. The van der Waals surface area contributed by atoms with E-state index >= 15 is 0 Å². The summed E-state index contributed by atoms with van der Waals surface area (Å²) in [5.41, 5.74) is 0.698. The van der Waals surface area contributed by atoms with Crippen molar-refractivity contribution < 1.29 is 14.3 Å². The van der Waals surface area contributed by atoms with E-state index in [0.717, 1.165) is 49.7 Å². The van der Waals surface area contributed by atoms with Crippen molar-refractivity contribution in [2.45, 2.75) is 63.8 Å². The van der Waals surface area contributed by atoms with Crippen LogP contribution in [0.5, 0.6) is 0 Å². The number of esters is 1. The van der Waals surface area contributed by atoms with Gasteiger partial charge in [-0.15, -0.1) is 12.4 Å². The van der Waals surface area contributed by atoms with E-state index in [1.807, 2.05) is 38.1 Å². The molecule has 1 aromatic heterocycles. The summed E-state index contributed by atoms with van der Waals surface area (Å²) >= 11 is 0. The number of carbonyl (C=O) groups excluding carboxylic acids is 1. The van der Waals surface area contributed by atoms with Gasteiger partial charge in [0.1, 0.15) is 11.7 Å². The third-order valence-corrected chi connectivity index (χ3v) is 6.35. The summed E-state index contributed by atoms with van der Waals surface area (Å²) < 4.78 is 12.8. The number of ether oxygens (including phenoxy) is 2. The highest BCUT2D eigenvalue weighted by molar-refractivity contribution is 5.94. The average Bonchev–Trinajstić information content (AvgIpc) is 2.93. The minimum atomic E-state index is -0.495. The predicted molar refractivity (Wildman–Crippen MR) is 120 cm³/mol. The molecule has 0 aliphatic carbocycles. The van der Waals surface area contributed by atoms with Gasteiger partial charge in [-0.2, -0.15) is 0 Å². The number of nitrogens with zero attached hydrogens (tertiary/aromatic N) is 2. The van der Waals surface area contributed by atoms with Crippen molar-refractivity contribution in [3.05, 3.63) is 46.2 Å². The summed E-state index contributed by atoms with van der Waals surface area (Å²) in [6.45, 7) is 5.56. The first-order valence-corrected chi connectivity index (χ1v) is 10.6. The van der Waals surface area contributed by atoms with Gasteiger partial charge >= 0.3 is 5.97 Å². The fourth-order valence-electron chi connectivity index (χ4n) is 5.04. The second kappa shape index (κ2) is 9.50. The van der Waals surface area contributed by atoms with Gasteiger partial charge in [0.2, 0.25) is 0 Å². The lowest BCUT2D eigenvalue weighted by molar-refractivity contribution is -0.0110. The topological polar surface area (TPSA) is 60.8 Å². The molecule has 164 valence electrons. The van der Waals surface area contributed by atoms with Crippen LogP contribution in [0.15, 0.2) is 35.1 Å². The van der Waals surface area contributed by atoms with Gasteiger partial charge in [-0.05, 0) is 44.2 Å². The molecule has 4 rings (SSSR count). The second-order valence-corrected chi connectivity index (χ2v) is 8.50. The van der Waals surface area contributed by atoms with Crippen LogP contribution in [0.25, 0.3) is 10.9 Å². The lowest BCUT2D eigenvalue weighted by Gasteiger charge is -2.38. The first-order valence-electron chi connectivity index (χ1n) is 10.6. The third-order valence-electron chi connectivity index (χ3n) is 6.35. The molecule has 2 aliphatic heterocycles. The lowest BCUT2D eigenvalue weighted by Crippen LogP contribution is -2.47.